The number of hydrogen-bond donors (Lipinski definition) is 0. The van der Waals surface area contributed by atoms with E-state index < -0.39 is 0 Å². The first-order chi connectivity index (χ1) is 4.06. The van der Waals surface area contributed by atoms with Gasteiger partial charge >= 0.3 is 0 Å². The fourth-order valence-electron chi connectivity index (χ4n) is 2.20. The highest BCUT2D eigenvalue weighted by molar-refractivity contribution is 6.27. The SMILES string of the molecule is CC1(C)CCC2CC21Cl. The van der Waals surface area contributed by atoms with Gasteiger partial charge in [-0.2, -0.15) is 0 Å². The molecule has 2 atom stereocenters. The Morgan fingerprint density at radius 1 is 1.44 bits per heavy atom. The van der Waals surface area contributed by atoms with Crippen LogP contribution in [0.1, 0.15) is 33.1 Å². The molecule has 52 valence electrons. The van der Waals surface area contributed by atoms with Crippen LogP contribution in [-0.4, -0.2) is 4.87 Å². The highest BCUT2D eigenvalue weighted by atomic mass is 35.5. The Hall–Kier alpha value is 0.290. The molecular weight excluding hydrogens is 132 g/mol. The average molecular weight is 145 g/mol. The second-order valence-electron chi connectivity index (χ2n) is 4.19. The van der Waals surface area contributed by atoms with Gasteiger partial charge in [0.15, 0.2) is 0 Å². The molecule has 0 aromatic rings. The molecule has 2 aliphatic carbocycles. The topological polar surface area (TPSA) is 0 Å². The number of fused-ring (bicyclic) bond motifs is 1. The Morgan fingerprint density at radius 3 is 2.22 bits per heavy atom. The molecule has 0 saturated heterocycles. The molecule has 0 spiro atoms. The standard InChI is InChI=1S/C8H13Cl/c1-7(2)4-3-6-5-8(6,7)9/h6H,3-5H2,1-2H3. The van der Waals surface area contributed by atoms with Gasteiger partial charge in [0.25, 0.3) is 0 Å². The smallest absolute Gasteiger partial charge is 0.0529 e. The lowest BCUT2D eigenvalue weighted by Crippen LogP contribution is -2.22. The molecule has 0 heterocycles. The highest BCUT2D eigenvalue weighted by Gasteiger charge is 2.65. The summed E-state index contributed by atoms with van der Waals surface area (Å²) in [5.74, 6) is 0.870. The molecule has 0 radical (unpaired) electrons. The Labute approximate surface area is 61.6 Å². The molecule has 2 saturated carbocycles. The third kappa shape index (κ3) is 0.556. The first-order valence-corrected chi connectivity index (χ1v) is 4.13. The quantitative estimate of drug-likeness (QED) is 0.459. The van der Waals surface area contributed by atoms with Crippen molar-refractivity contribution in [3.8, 4) is 0 Å². The maximum absolute atomic E-state index is 6.33. The van der Waals surface area contributed by atoms with Crippen molar-refractivity contribution >= 4 is 11.6 Å². The first kappa shape index (κ1) is 6.03. The van der Waals surface area contributed by atoms with Gasteiger partial charge in [0, 0.05) is 0 Å². The predicted octanol–water partition coefficient (Wildman–Crippen LogP) is 2.80. The zero-order valence-corrected chi connectivity index (χ0v) is 6.83. The molecule has 2 rings (SSSR count). The van der Waals surface area contributed by atoms with Crippen molar-refractivity contribution in [3.63, 3.8) is 0 Å². The molecule has 2 fully saturated rings. The van der Waals surface area contributed by atoms with E-state index in [-0.39, 0.29) is 4.87 Å². The van der Waals surface area contributed by atoms with Crippen molar-refractivity contribution in [3.05, 3.63) is 0 Å². The van der Waals surface area contributed by atoms with Gasteiger partial charge in [-0.3, -0.25) is 0 Å². The number of halogens is 1. The molecule has 0 aliphatic heterocycles. The van der Waals surface area contributed by atoms with E-state index in [1.807, 2.05) is 0 Å². The van der Waals surface area contributed by atoms with Crippen LogP contribution in [0.3, 0.4) is 0 Å². The third-order valence-corrected chi connectivity index (χ3v) is 4.25. The van der Waals surface area contributed by atoms with Gasteiger partial charge < -0.3 is 0 Å². The molecule has 0 bridgehead atoms. The molecule has 0 N–H and O–H groups in total. The molecule has 0 nitrogen and oxygen atoms in total. The Morgan fingerprint density at radius 2 is 2.11 bits per heavy atom. The predicted molar refractivity (Wildman–Crippen MR) is 39.7 cm³/mol. The molecular formula is C8H13Cl. The van der Waals surface area contributed by atoms with Crippen LogP contribution in [-0.2, 0) is 0 Å². The van der Waals surface area contributed by atoms with Gasteiger partial charge in [0.05, 0.1) is 4.87 Å². The third-order valence-electron chi connectivity index (χ3n) is 3.27. The summed E-state index contributed by atoms with van der Waals surface area (Å²) in [6.45, 7) is 4.60. The lowest BCUT2D eigenvalue weighted by molar-refractivity contribution is 0.344. The van der Waals surface area contributed by atoms with E-state index in [1.165, 1.54) is 19.3 Å². The molecule has 9 heavy (non-hydrogen) atoms. The Balaban J connectivity index is 2.28. The summed E-state index contributed by atoms with van der Waals surface area (Å²) in [5.41, 5.74) is 0.430. The van der Waals surface area contributed by atoms with E-state index in [1.54, 1.807) is 0 Å². The van der Waals surface area contributed by atoms with Gasteiger partial charge in [-0.1, -0.05) is 13.8 Å². The van der Waals surface area contributed by atoms with Crippen LogP contribution in [0.4, 0.5) is 0 Å². The van der Waals surface area contributed by atoms with Crippen LogP contribution in [0.25, 0.3) is 0 Å². The number of rotatable bonds is 0. The fourth-order valence-corrected chi connectivity index (χ4v) is 2.59. The Bertz CT molecular complexity index is 146. The minimum atomic E-state index is 0.229. The normalized spacial score (nSPS) is 53.0. The summed E-state index contributed by atoms with van der Waals surface area (Å²) in [7, 11) is 0. The van der Waals surface area contributed by atoms with Crippen LogP contribution in [0.5, 0.6) is 0 Å². The molecule has 2 aliphatic rings. The lowest BCUT2D eigenvalue weighted by Gasteiger charge is -2.25. The van der Waals surface area contributed by atoms with Crippen molar-refractivity contribution in [2.24, 2.45) is 11.3 Å². The first-order valence-electron chi connectivity index (χ1n) is 3.75. The molecule has 0 amide bonds. The van der Waals surface area contributed by atoms with Crippen LogP contribution in [0, 0.1) is 11.3 Å². The van der Waals surface area contributed by atoms with Crippen LogP contribution < -0.4 is 0 Å². The van der Waals surface area contributed by atoms with E-state index in [0.29, 0.717) is 5.41 Å². The number of alkyl halides is 1. The Kier molecular flexibility index (Phi) is 0.882. The van der Waals surface area contributed by atoms with Crippen molar-refractivity contribution < 1.29 is 0 Å². The van der Waals surface area contributed by atoms with Gasteiger partial charge in [0.2, 0.25) is 0 Å². The van der Waals surface area contributed by atoms with E-state index >= 15 is 0 Å². The number of hydrogen-bond acceptors (Lipinski definition) is 0. The highest BCUT2D eigenvalue weighted by Crippen LogP contribution is 2.69. The zero-order valence-electron chi connectivity index (χ0n) is 6.08. The minimum Gasteiger partial charge on any atom is -0.118 e. The van der Waals surface area contributed by atoms with Crippen molar-refractivity contribution in [1.29, 1.82) is 0 Å². The van der Waals surface area contributed by atoms with E-state index in [2.05, 4.69) is 13.8 Å². The van der Waals surface area contributed by atoms with Gasteiger partial charge in [-0.05, 0) is 30.6 Å². The van der Waals surface area contributed by atoms with Gasteiger partial charge in [0.1, 0.15) is 0 Å². The maximum Gasteiger partial charge on any atom is 0.0529 e. The summed E-state index contributed by atoms with van der Waals surface area (Å²) in [6.07, 6.45) is 3.99. The van der Waals surface area contributed by atoms with Gasteiger partial charge in [-0.15, -0.1) is 11.6 Å². The van der Waals surface area contributed by atoms with Crippen LogP contribution in [0.2, 0.25) is 0 Å². The average Bonchev–Trinajstić information content (AvgIpc) is 2.34. The summed E-state index contributed by atoms with van der Waals surface area (Å²) in [5, 5.41) is 0. The lowest BCUT2D eigenvalue weighted by atomic mass is 9.87. The summed E-state index contributed by atoms with van der Waals surface area (Å²) >= 11 is 6.33. The summed E-state index contributed by atoms with van der Waals surface area (Å²) < 4.78 is 0. The van der Waals surface area contributed by atoms with E-state index in [4.69, 9.17) is 11.6 Å². The second kappa shape index (κ2) is 1.32. The van der Waals surface area contributed by atoms with E-state index in [9.17, 15) is 0 Å². The van der Waals surface area contributed by atoms with Gasteiger partial charge in [-0.25, -0.2) is 0 Å². The zero-order chi connectivity index (χ0) is 6.70. The molecule has 1 heteroatoms. The maximum atomic E-state index is 6.33. The fraction of sp³-hybridized carbons (Fsp3) is 1.00. The molecule has 0 aromatic heterocycles. The van der Waals surface area contributed by atoms with Crippen molar-refractivity contribution in [2.75, 3.05) is 0 Å². The molecule has 0 aromatic carbocycles. The molecule has 2 unspecified atom stereocenters. The minimum absolute atomic E-state index is 0.229. The van der Waals surface area contributed by atoms with Crippen LogP contribution >= 0.6 is 11.6 Å². The van der Waals surface area contributed by atoms with Crippen molar-refractivity contribution in [2.45, 2.75) is 38.0 Å². The summed E-state index contributed by atoms with van der Waals surface area (Å²) in [6, 6.07) is 0. The van der Waals surface area contributed by atoms with Crippen LogP contribution in [0.15, 0.2) is 0 Å². The largest absolute Gasteiger partial charge is 0.118 e. The summed E-state index contributed by atoms with van der Waals surface area (Å²) in [4.78, 5) is 0.229. The second-order valence-corrected chi connectivity index (χ2v) is 4.86. The monoisotopic (exact) mass is 144 g/mol. The van der Waals surface area contributed by atoms with Crippen molar-refractivity contribution in [1.82, 2.24) is 0 Å². The van der Waals surface area contributed by atoms with E-state index in [0.717, 1.165) is 5.92 Å².